The van der Waals surface area contributed by atoms with E-state index in [0.29, 0.717) is 12.1 Å². The largest absolute Gasteiger partial charge is 0.378 e. The van der Waals surface area contributed by atoms with Crippen LogP contribution < -0.4 is 10.6 Å². The first kappa shape index (κ1) is 17.0. The molecular weight excluding hydrogens is 353 g/mol. The van der Waals surface area contributed by atoms with Gasteiger partial charge in [0.15, 0.2) is 5.96 Å². The van der Waals surface area contributed by atoms with Crippen molar-refractivity contribution >= 4 is 29.9 Å². The SMILES string of the molecule is CCN=C(NC1CC1)NC1CC(C)(OC)C1(C)C.I. The fourth-order valence-electron chi connectivity index (χ4n) is 2.60. The molecule has 2 aliphatic rings. The summed E-state index contributed by atoms with van der Waals surface area (Å²) in [6.07, 6.45) is 3.58. The molecule has 0 aliphatic heterocycles. The van der Waals surface area contributed by atoms with Crippen LogP contribution in [0.4, 0.5) is 0 Å². The van der Waals surface area contributed by atoms with Crippen molar-refractivity contribution in [3.63, 3.8) is 0 Å². The van der Waals surface area contributed by atoms with E-state index in [1.165, 1.54) is 12.8 Å². The predicted molar refractivity (Wildman–Crippen MR) is 90.3 cm³/mol. The minimum absolute atomic E-state index is 0. The average Bonchev–Trinajstić information content (AvgIpc) is 3.12. The lowest BCUT2D eigenvalue weighted by atomic mass is 9.56. The van der Waals surface area contributed by atoms with Crippen molar-refractivity contribution in [1.29, 1.82) is 0 Å². The predicted octanol–water partition coefficient (Wildman–Crippen LogP) is 2.53. The zero-order valence-electron chi connectivity index (χ0n) is 12.7. The van der Waals surface area contributed by atoms with Crippen LogP contribution in [0.15, 0.2) is 4.99 Å². The summed E-state index contributed by atoms with van der Waals surface area (Å²) in [5, 5.41) is 7.04. The Hall–Kier alpha value is -0.0400. The second-order valence-electron chi connectivity index (χ2n) is 6.30. The Labute approximate surface area is 134 Å². The van der Waals surface area contributed by atoms with Crippen molar-refractivity contribution in [1.82, 2.24) is 10.6 Å². The maximum Gasteiger partial charge on any atom is 0.191 e. The van der Waals surface area contributed by atoms with Crippen molar-refractivity contribution in [3.8, 4) is 0 Å². The molecule has 2 fully saturated rings. The maximum atomic E-state index is 5.65. The number of aliphatic imine (C=N–C) groups is 1. The molecule has 0 aromatic carbocycles. The van der Waals surface area contributed by atoms with E-state index < -0.39 is 0 Å². The number of methoxy groups -OCH3 is 1. The standard InChI is InChI=1S/C14H27N3O.HI/c1-6-15-12(16-10-7-8-10)17-11-9-14(4,18-5)13(11,2)3;/h10-11H,6-9H2,1-5H3,(H2,15,16,17);1H. The van der Waals surface area contributed by atoms with Gasteiger partial charge in [0.05, 0.1) is 5.60 Å². The highest BCUT2D eigenvalue weighted by atomic mass is 127. The summed E-state index contributed by atoms with van der Waals surface area (Å²) < 4.78 is 5.65. The lowest BCUT2D eigenvalue weighted by Crippen LogP contribution is -2.69. The van der Waals surface area contributed by atoms with Crippen LogP contribution in [0.3, 0.4) is 0 Å². The van der Waals surface area contributed by atoms with Crippen LogP contribution in [0.1, 0.15) is 47.0 Å². The van der Waals surface area contributed by atoms with Crippen LogP contribution >= 0.6 is 24.0 Å². The molecule has 2 rings (SSSR count). The first-order valence-corrected chi connectivity index (χ1v) is 7.05. The minimum atomic E-state index is -0.0262. The van der Waals surface area contributed by atoms with E-state index in [1.54, 1.807) is 0 Å². The van der Waals surface area contributed by atoms with Crippen molar-refractivity contribution in [2.45, 2.75) is 64.6 Å². The smallest absolute Gasteiger partial charge is 0.191 e. The third-order valence-corrected chi connectivity index (χ3v) is 4.82. The van der Waals surface area contributed by atoms with E-state index in [9.17, 15) is 0 Å². The van der Waals surface area contributed by atoms with Crippen LogP contribution in [0.5, 0.6) is 0 Å². The molecule has 0 aromatic rings. The van der Waals surface area contributed by atoms with Gasteiger partial charge in [0.25, 0.3) is 0 Å². The highest BCUT2D eigenvalue weighted by Gasteiger charge is 2.58. The van der Waals surface area contributed by atoms with Crippen LogP contribution in [-0.4, -0.2) is 37.3 Å². The third-order valence-electron chi connectivity index (χ3n) is 4.82. The van der Waals surface area contributed by atoms with Gasteiger partial charge in [-0.3, -0.25) is 4.99 Å². The zero-order valence-corrected chi connectivity index (χ0v) is 15.1. The van der Waals surface area contributed by atoms with Crippen molar-refractivity contribution in [3.05, 3.63) is 0 Å². The Morgan fingerprint density at radius 1 is 1.26 bits per heavy atom. The number of nitrogens with one attached hydrogen (secondary N) is 2. The lowest BCUT2D eigenvalue weighted by molar-refractivity contribution is -0.176. The molecule has 0 amide bonds. The third kappa shape index (κ3) is 3.35. The average molecular weight is 381 g/mol. The molecule has 0 spiro atoms. The molecule has 2 saturated carbocycles. The molecule has 0 radical (unpaired) electrons. The fraction of sp³-hybridized carbons (Fsp3) is 0.929. The molecule has 112 valence electrons. The van der Waals surface area contributed by atoms with E-state index in [-0.39, 0.29) is 35.0 Å². The highest BCUT2D eigenvalue weighted by Crippen LogP contribution is 2.51. The molecule has 0 aromatic heterocycles. The number of halogens is 1. The summed E-state index contributed by atoms with van der Waals surface area (Å²) >= 11 is 0. The molecule has 5 heteroatoms. The summed E-state index contributed by atoms with van der Waals surface area (Å²) in [6, 6.07) is 1.07. The van der Waals surface area contributed by atoms with Gasteiger partial charge in [0.2, 0.25) is 0 Å². The second-order valence-corrected chi connectivity index (χ2v) is 6.30. The maximum absolute atomic E-state index is 5.65. The normalized spacial score (nSPS) is 33.1. The Morgan fingerprint density at radius 3 is 2.32 bits per heavy atom. The summed E-state index contributed by atoms with van der Waals surface area (Å²) in [4.78, 5) is 4.52. The van der Waals surface area contributed by atoms with Gasteiger partial charge in [-0.15, -0.1) is 24.0 Å². The van der Waals surface area contributed by atoms with E-state index in [0.717, 1.165) is 18.9 Å². The summed E-state index contributed by atoms with van der Waals surface area (Å²) in [7, 11) is 1.81. The first-order valence-electron chi connectivity index (χ1n) is 7.05. The zero-order chi connectivity index (χ0) is 13.4. The molecule has 4 nitrogen and oxygen atoms in total. The summed E-state index contributed by atoms with van der Waals surface area (Å²) in [5.41, 5.74) is 0.100. The Morgan fingerprint density at radius 2 is 1.89 bits per heavy atom. The van der Waals surface area contributed by atoms with Gasteiger partial charge in [0.1, 0.15) is 0 Å². The number of hydrogen-bond acceptors (Lipinski definition) is 2. The topological polar surface area (TPSA) is 45.7 Å². The van der Waals surface area contributed by atoms with Crippen LogP contribution in [0.25, 0.3) is 0 Å². The lowest BCUT2D eigenvalue weighted by Gasteiger charge is -2.59. The van der Waals surface area contributed by atoms with E-state index >= 15 is 0 Å². The van der Waals surface area contributed by atoms with Gasteiger partial charge in [-0.1, -0.05) is 13.8 Å². The van der Waals surface area contributed by atoms with Crippen LogP contribution in [0.2, 0.25) is 0 Å². The Balaban J connectivity index is 0.00000180. The molecule has 2 atom stereocenters. The summed E-state index contributed by atoms with van der Waals surface area (Å²) in [5.74, 6) is 0.969. The van der Waals surface area contributed by atoms with Crippen molar-refractivity contribution < 1.29 is 4.74 Å². The monoisotopic (exact) mass is 381 g/mol. The van der Waals surface area contributed by atoms with E-state index in [4.69, 9.17) is 4.74 Å². The van der Waals surface area contributed by atoms with E-state index in [2.05, 4.69) is 43.3 Å². The highest BCUT2D eigenvalue weighted by molar-refractivity contribution is 14.0. The summed E-state index contributed by atoms with van der Waals surface area (Å²) in [6.45, 7) is 9.60. The first-order chi connectivity index (χ1) is 8.43. The number of guanidine groups is 1. The second kappa shape index (κ2) is 6.16. The molecule has 0 saturated heterocycles. The van der Waals surface area contributed by atoms with Gasteiger partial charge in [0, 0.05) is 31.2 Å². The van der Waals surface area contributed by atoms with Gasteiger partial charge in [-0.2, -0.15) is 0 Å². The Kier molecular flexibility index (Phi) is 5.52. The van der Waals surface area contributed by atoms with E-state index in [1.807, 2.05) is 7.11 Å². The number of hydrogen-bond donors (Lipinski definition) is 2. The van der Waals surface area contributed by atoms with Gasteiger partial charge < -0.3 is 15.4 Å². The Bertz CT molecular complexity index is 342. The number of ether oxygens (including phenoxy) is 1. The van der Waals surface area contributed by atoms with Gasteiger partial charge >= 0.3 is 0 Å². The van der Waals surface area contributed by atoms with Crippen molar-refractivity contribution in [2.75, 3.05) is 13.7 Å². The molecule has 0 bridgehead atoms. The van der Waals surface area contributed by atoms with Gasteiger partial charge in [-0.25, -0.2) is 0 Å². The van der Waals surface area contributed by atoms with Crippen LogP contribution in [0, 0.1) is 5.41 Å². The molecule has 19 heavy (non-hydrogen) atoms. The molecule has 2 N–H and O–H groups in total. The van der Waals surface area contributed by atoms with Gasteiger partial charge in [-0.05, 0) is 33.1 Å². The quantitative estimate of drug-likeness (QED) is 0.447. The molecular formula is C14H28IN3O. The molecule has 2 unspecified atom stereocenters. The number of rotatable bonds is 4. The molecule has 0 heterocycles. The fourth-order valence-corrected chi connectivity index (χ4v) is 2.60. The molecule has 2 aliphatic carbocycles. The van der Waals surface area contributed by atoms with Crippen molar-refractivity contribution in [2.24, 2.45) is 10.4 Å². The minimum Gasteiger partial charge on any atom is -0.378 e. The number of nitrogens with zero attached hydrogens (tertiary/aromatic N) is 1. The van der Waals surface area contributed by atoms with Crippen LogP contribution in [-0.2, 0) is 4.74 Å².